The normalized spacial score (nSPS) is 15.0. The molecule has 3 rings (SSSR count). The molecule has 1 aliphatic carbocycles. The van der Waals surface area contributed by atoms with Crippen molar-refractivity contribution in [3.05, 3.63) is 59.7 Å². The quantitative estimate of drug-likeness (QED) is 0.447. The van der Waals surface area contributed by atoms with Crippen LogP contribution in [0.15, 0.2) is 48.5 Å². The number of carbonyl (C=O) groups excluding carboxylic acids is 2. The fraction of sp³-hybridized carbons (Fsp3) is 0.444. The SMILES string of the molecule is COC(C)C(NC(=O)C(CCC(C)C)NC(=O)OCC1c2ccccc2-c2ccccc21)C(=O)O. The second-order valence-electron chi connectivity index (χ2n) is 9.26. The minimum absolute atomic E-state index is 0.102. The number of amides is 2. The van der Waals surface area contributed by atoms with Crippen LogP contribution in [0, 0.1) is 5.92 Å². The standard InChI is InChI=1S/C27H34N2O6/c1-16(2)13-14-23(25(30)29-24(26(31)32)17(3)34-4)28-27(33)35-15-22-20-11-7-5-9-18(20)19-10-6-8-12-21(19)22/h5-12,16-17,22-24H,13-15H2,1-4H3,(H,28,33)(H,29,30)(H,31,32). The Morgan fingerprint density at radius 1 is 0.914 bits per heavy atom. The lowest BCUT2D eigenvalue weighted by atomic mass is 9.98. The molecule has 0 saturated carbocycles. The van der Waals surface area contributed by atoms with E-state index < -0.39 is 36.2 Å². The van der Waals surface area contributed by atoms with Gasteiger partial charge < -0.3 is 25.2 Å². The predicted molar refractivity (Wildman–Crippen MR) is 132 cm³/mol. The molecular formula is C27H34N2O6. The van der Waals surface area contributed by atoms with Gasteiger partial charge >= 0.3 is 12.1 Å². The Hall–Kier alpha value is -3.39. The van der Waals surface area contributed by atoms with Crippen molar-refractivity contribution in [2.45, 2.75) is 57.7 Å². The molecule has 0 aromatic heterocycles. The zero-order valence-corrected chi connectivity index (χ0v) is 20.6. The van der Waals surface area contributed by atoms with Gasteiger partial charge in [-0.05, 0) is 47.9 Å². The highest BCUT2D eigenvalue weighted by Gasteiger charge is 2.32. The van der Waals surface area contributed by atoms with E-state index >= 15 is 0 Å². The van der Waals surface area contributed by atoms with Gasteiger partial charge in [0.1, 0.15) is 12.6 Å². The lowest BCUT2D eigenvalue weighted by Gasteiger charge is -2.24. The third-order valence-corrected chi connectivity index (χ3v) is 6.39. The second-order valence-corrected chi connectivity index (χ2v) is 9.26. The molecule has 0 bridgehead atoms. The van der Waals surface area contributed by atoms with Crippen LogP contribution in [0.3, 0.4) is 0 Å². The minimum atomic E-state index is -1.24. The summed E-state index contributed by atoms with van der Waals surface area (Å²) < 4.78 is 10.7. The molecule has 35 heavy (non-hydrogen) atoms. The maximum absolute atomic E-state index is 12.9. The maximum atomic E-state index is 12.9. The maximum Gasteiger partial charge on any atom is 0.407 e. The van der Waals surface area contributed by atoms with E-state index in [1.54, 1.807) is 6.92 Å². The second kappa shape index (κ2) is 11.8. The van der Waals surface area contributed by atoms with Gasteiger partial charge in [-0.2, -0.15) is 0 Å². The molecule has 0 fully saturated rings. The summed E-state index contributed by atoms with van der Waals surface area (Å²) in [5, 5.41) is 14.6. The van der Waals surface area contributed by atoms with Crippen molar-refractivity contribution in [3.63, 3.8) is 0 Å². The number of hydrogen-bond acceptors (Lipinski definition) is 5. The highest BCUT2D eigenvalue weighted by atomic mass is 16.5. The van der Waals surface area contributed by atoms with Crippen molar-refractivity contribution >= 4 is 18.0 Å². The van der Waals surface area contributed by atoms with Gasteiger partial charge in [0, 0.05) is 13.0 Å². The van der Waals surface area contributed by atoms with Crippen molar-refractivity contribution in [3.8, 4) is 11.1 Å². The van der Waals surface area contributed by atoms with Crippen LogP contribution in [0.2, 0.25) is 0 Å². The Labute approximate surface area is 206 Å². The summed E-state index contributed by atoms with van der Waals surface area (Å²) >= 11 is 0. The summed E-state index contributed by atoms with van der Waals surface area (Å²) in [6, 6.07) is 13.9. The van der Waals surface area contributed by atoms with Gasteiger partial charge in [0.2, 0.25) is 5.91 Å². The number of methoxy groups -OCH3 is 1. The fourth-order valence-corrected chi connectivity index (χ4v) is 4.32. The van der Waals surface area contributed by atoms with Gasteiger partial charge in [-0.25, -0.2) is 9.59 Å². The van der Waals surface area contributed by atoms with Crippen molar-refractivity contribution in [2.24, 2.45) is 5.92 Å². The Kier molecular flexibility index (Phi) is 8.87. The van der Waals surface area contributed by atoms with Crippen LogP contribution < -0.4 is 10.6 Å². The van der Waals surface area contributed by atoms with Crippen LogP contribution in [0.25, 0.3) is 11.1 Å². The van der Waals surface area contributed by atoms with Gasteiger partial charge in [0.25, 0.3) is 0 Å². The molecule has 3 N–H and O–H groups in total. The fourth-order valence-electron chi connectivity index (χ4n) is 4.32. The minimum Gasteiger partial charge on any atom is -0.480 e. The van der Waals surface area contributed by atoms with Gasteiger partial charge in [0.15, 0.2) is 6.04 Å². The van der Waals surface area contributed by atoms with Crippen LogP contribution in [0.1, 0.15) is 50.7 Å². The molecule has 0 aliphatic heterocycles. The molecule has 3 atom stereocenters. The Bertz CT molecular complexity index is 1010. The number of carboxylic acids is 1. The average molecular weight is 483 g/mol. The molecule has 2 amide bonds. The number of rotatable bonds is 11. The zero-order chi connectivity index (χ0) is 25.5. The first-order valence-electron chi connectivity index (χ1n) is 11.9. The molecule has 8 heteroatoms. The largest absolute Gasteiger partial charge is 0.480 e. The highest BCUT2D eigenvalue weighted by Crippen LogP contribution is 2.44. The number of hydrogen-bond donors (Lipinski definition) is 3. The van der Waals surface area contributed by atoms with Gasteiger partial charge in [-0.15, -0.1) is 0 Å². The molecule has 0 spiro atoms. The Morgan fingerprint density at radius 3 is 2.00 bits per heavy atom. The van der Waals surface area contributed by atoms with Crippen LogP contribution >= 0.6 is 0 Å². The van der Waals surface area contributed by atoms with Gasteiger partial charge in [-0.3, -0.25) is 4.79 Å². The number of nitrogens with one attached hydrogen (secondary N) is 2. The number of alkyl carbamates (subject to hydrolysis) is 1. The molecule has 3 unspecified atom stereocenters. The van der Waals surface area contributed by atoms with E-state index in [-0.39, 0.29) is 12.5 Å². The number of ether oxygens (including phenoxy) is 2. The van der Waals surface area contributed by atoms with E-state index in [1.807, 2.05) is 50.2 Å². The topological polar surface area (TPSA) is 114 Å². The Morgan fingerprint density at radius 2 is 1.49 bits per heavy atom. The van der Waals surface area contributed by atoms with E-state index in [1.165, 1.54) is 7.11 Å². The molecule has 2 aromatic rings. The van der Waals surface area contributed by atoms with Gasteiger partial charge in [-0.1, -0.05) is 62.4 Å². The number of benzene rings is 2. The van der Waals surface area contributed by atoms with Crippen molar-refractivity contribution < 1.29 is 29.0 Å². The van der Waals surface area contributed by atoms with E-state index in [0.717, 1.165) is 22.3 Å². The summed E-state index contributed by atoms with van der Waals surface area (Å²) in [5.74, 6) is -1.61. The van der Waals surface area contributed by atoms with Crippen LogP contribution in [0.4, 0.5) is 4.79 Å². The lowest BCUT2D eigenvalue weighted by molar-refractivity contribution is -0.145. The number of fused-ring (bicyclic) bond motifs is 3. The van der Waals surface area contributed by atoms with Crippen LogP contribution in [-0.2, 0) is 19.1 Å². The van der Waals surface area contributed by atoms with Crippen molar-refractivity contribution in [2.75, 3.05) is 13.7 Å². The van der Waals surface area contributed by atoms with E-state index in [2.05, 4.69) is 22.8 Å². The molecule has 1 aliphatic rings. The first-order chi connectivity index (χ1) is 16.7. The summed E-state index contributed by atoms with van der Waals surface area (Å²) in [4.78, 5) is 37.2. The van der Waals surface area contributed by atoms with E-state index in [0.29, 0.717) is 18.8 Å². The van der Waals surface area contributed by atoms with Crippen molar-refractivity contribution in [1.82, 2.24) is 10.6 Å². The first-order valence-corrected chi connectivity index (χ1v) is 11.9. The molecular weight excluding hydrogens is 448 g/mol. The summed E-state index contributed by atoms with van der Waals surface area (Å²) in [7, 11) is 1.37. The molecule has 188 valence electrons. The summed E-state index contributed by atoms with van der Waals surface area (Å²) in [6.45, 7) is 5.70. The number of carbonyl (C=O) groups is 3. The number of carboxylic acid groups (broad SMARTS) is 1. The number of aliphatic carboxylic acids is 1. The molecule has 8 nitrogen and oxygen atoms in total. The predicted octanol–water partition coefficient (Wildman–Crippen LogP) is 3.93. The lowest BCUT2D eigenvalue weighted by Crippen LogP contribution is -2.55. The third-order valence-electron chi connectivity index (χ3n) is 6.39. The summed E-state index contributed by atoms with van der Waals surface area (Å²) in [6.07, 6.45) is -0.445. The average Bonchev–Trinajstić information content (AvgIpc) is 3.16. The summed E-state index contributed by atoms with van der Waals surface area (Å²) in [5.41, 5.74) is 4.43. The van der Waals surface area contributed by atoms with Gasteiger partial charge in [0.05, 0.1) is 6.10 Å². The monoisotopic (exact) mass is 482 g/mol. The highest BCUT2D eigenvalue weighted by molar-refractivity contribution is 5.89. The van der Waals surface area contributed by atoms with Crippen LogP contribution in [0.5, 0.6) is 0 Å². The molecule has 0 heterocycles. The zero-order valence-electron chi connectivity index (χ0n) is 20.6. The molecule has 0 saturated heterocycles. The third kappa shape index (κ3) is 6.39. The smallest absolute Gasteiger partial charge is 0.407 e. The van der Waals surface area contributed by atoms with E-state index in [9.17, 15) is 19.5 Å². The molecule has 2 aromatic carbocycles. The van der Waals surface area contributed by atoms with Crippen LogP contribution in [-0.4, -0.2) is 55.0 Å². The Balaban J connectivity index is 1.68. The molecule has 0 radical (unpaired) electrons. The first kappa shape index (κ1) is 26.2. The van der Waals surface area contributed by atoms with E-state index in [4.69, 9.17) is 9.47 Å². The van der Waals surface area contributed by atoms with Crippen molar-refractivity contribution in [1.29, 1.82) is 0 Å².